The van der Waals surface area contributed by atoms with Crippen molar-refractivity contribution in [1.29, 1.82) is 0 Å². The third-order valence-corrected chi connectivity index (χ3v) is 4.29. The van der Waals surface area contributed by atoms with Crippen LogP contribution in [0.2, 0.25) is 0 Å². The summed E-state index contributed by atoms with van der Waals surface area (Å²) >= 11 is 3.26. The quantitative estimate of drug-likeness (QED) is 0.850. The van der Waals surface area contributed by atoms with Gasteiger partial charge in [0.15, 0.2) is 0 Å². The smallest absolute Gasteiger partial charge is 0.258 e. The third-order valence-electron chi connectivity index (χ3n) is 3.61. The molecule has 2 aliphatic rings. The van der Waals surface area contributed by atoms with Crippen molar-refractivity contribution >= 4 is 21.7 Å². The molecule has 0 bridgehead atoms. The number of anilines is 1. The summed E-state index contributed by atoms with van der Waals surface area (Å²) in [6.07, 6.45) is 0. The predicted molar refractivity (Wildman–Crippen MR) is 62.0 cm³/mol. The number of alkyl halides is 2. The maximum Gasteiger partial charge on any atom is 0.258 e. The molecule has 0 spiro atoms. The molecule has 1 N–H and O–H groups in total. The Morgan fingerprint density at radius 3 is 2.59 bits per heavy atom. The molecule has 0 radical (unpaired) electrons. The Morgan fingerprint density at radius 1 is 1.41 bits per heavy atom. The summed E-state index contributed by atoms with van der Waals surface area (Å²) in [5.74, 6) is -2.77. The molecule has 2 atom stereocenters. The monoisotopic (exact) mass is 304 g/mol. The van der Waals surface area contributed by atoms with Crippen LogP contribution in [0.5, 0.6) is 0 Å². The Bertz CT molecular complexity index is 455. The first-order valence-corrected chi connectivity index (χ1v) is 6.22. The fourth-order valence-electron chi connectivity index (χ4n) is 2.44. The highest BCUT2D eigenvalue weighted by Gasteiger charge is 2.71. The molecule has 2 unspecified atom stereocenters. The first kappa shape index (κ1) is 11.3. The number of hydrogen-bond acceptors (Lipinski definition) is 3. The van der Waals surface area contributed by atoms with Crippen LogP contribution in [0.25, 0.3) is 0 Å². The first-order chi connectivity index (χ1) is 8.04. The molecular weight excluding hydrogens is 294 g/mol. The number of aliphatic hydroxyl groups excluding tert-OH is 1. The van der Waals surface area contributed by atoms with Crippen LogP contribution in [0, 0.1) is 11.8 Å². The highest BCUT2D eigenvalue weighted by Crippen LogP contribution is 2.59. The highest BCUT2D eigenvalue weighted by atomic mass is 79.9. The van der Waals surface area contributed by atoms with Gasteiger partial charge in [0.2, 0.25) is 0 Å². The van der Waals surface area contributed by atoms with E-state index in [0.29, 0.717) is 29.1 Å². The molecule has 6 heteroatoms. The Labute approximate surface area is 106 Å². The van der Waals surface area contributed by atoms with E-state index in [1.807, 2.05) is 4.90 Å². The number of halogens is 3. The molecule has 1 aliphatic carbocycles. The number of aromatic nitrogens is 1. The number of piperidine rings is 1. The van der Waals surface area contributed by atoms with E-state index in [1.165, 1.54) is 0 Å². The average Bonchev–Trinajstić information content (AvgIpc) is 2.70. The summed E-state index contributed by atoms with van der Waals surface area (Å²) in [4.78, 5) is 6.14. The zero-order valence-corrected chi connectivity index (χ0v) is 10.5. The number of fused-ring (bicyclic) bond motifs is 1. The molecule has 0 aromatic carbocycles. The molecule has 3 rings (SSSR count). The maximum atomic E-state index is 13.0. The van der Waals surface area contributed by atoms with Crippen molar-refractivity contribution in [2.75, 3.05) is 18.0 Å². The average molecular weight is 305 g/mol. The van der Waals surface area contributed by atoms with E-state index in [9.17, 15) is 8.78 Å². The fourth-order valence-corrected chi connectivity index (χ4v) is 2.88. The van der Waals surface area contributed by atoms with Crippen molar-refractivity contribution in [2.24, 2.45) is 11.8 Å². The second-order valence-electron chi connectivity index (χ2n) is 4.57. The molecular formula is C11H11BrF2N2O. The lowest BCUT2D eigenvalue weighted by Crippen LogP contribution is -2.28. The van der Waals surface area contributed by atoms with E-state index in [-0.39, 0.29) is 6.61 Å². The van der Waals surface area contributed by atoms with Gasteiger partial charge in [-0.1, -0.05) is 6.07 Å². The summed E-state index contributed by atoms with van der Waals surface area (Å²) < 4.78 is 26.7. The number of hydrogen-bond donors (Lipinski definition) is 1. The van der Waals surface area contributed by atoms with Crippen LogP contribution in [-0.4, -0.2) is 29.1 Å². The van der Waals surface area contributed by atoms with Crippen molar-refractivity contribution in [3.05, 3.63) is 22.3 Å². The van der Waals surface area contributed by atoms with Gasteiger partial charge in [0, 0.05) is 18.7 Å². The molecule has 1 aliphatic heterocycles. The summed E-state index contributed by atoms with van der Waals surface area (Å²) in [5.41, 5.74) is 0.698. The lowest BCUT2D eigenvalue weighted by molar-refractivity contribution is 0.0797. The van der Waals surface area contributed by atoms with E-state index in [2.05, 4.69) is 20.9 Å². The normalized spacial score (nSPS) is 29.3. The number of aliphatic hydroxyl groups is 1. The van der Waals surface area contributed by atoms with Gasteiger partial charge in [0.1, 0.15) is 10.4 Å². The van der Waals surface area contributed by atoms with Crippen molar-refractivity contribution in [1.82, 2.24) is 4.98 Å². The third kappa shape index (κ3) is 1.65. The molecule has 1 aromatic heterocycles. The summed E-state index contributed by atoms with van der Waals surface area (Å²) in [5, 5.41) is 9.01. The second kappa shape index (κ2) is 3.62. The molecule has 2 heterocycles. The van der Waals surface area contributed by atoms with E-state index in [1.54, 1.807) is 12.1 Å². The van der Waals surface area contributed by atoms with E-state index in [0.717, 1.165) is 0 Å². The SMILES string of the molecule is OCc1ccc(N2CC3C(C2)C3(F)F)nc1Br. The van der Waals surface area contributed by atoms with Crippen LogP contribution in [-0.2, 0) is 6.61 Å². The van der Waals surface area contributed by atoms with Crippen LogP contribution in [0.1, 0.15) is 5.56 Å². The Hall–Kier alpha value is -0.750. The van der Waals surface area contributed by atoms with E-state index >= 15 is 0 Å². The van der Waals surface area contributed by atoms with Gasteiger partial charge in [-0.3, -0.25) is 0 Å². The van der Waals surface area contributed by atoms with Crippen LogP contribution >= 0.6 is 15.9 Å². The van der Waals surface area contributed by atoms with Gasteiger partial charge in [-0.2, -0.15) is 0 Å². The number of pyridine rings is 1. The number of nitrogens with zero attached hydrogens (tertiary/aromatic N) is 2. The maximum absolute atomic E-state index is 13.0. The lowest BCUT2D eigenvalue weighted by atomic mass is 10.3. The van der Waals surface area contributed by atoms with Gasteiger partial charge in [0.05, 0.1) is 18.4 Å². The summed E-state index contributed by atoms with van der Waals surface area (Å²) in [6, 6.07) is 3.52. The standard InChI is InChI=1S/C11H11BrF2N2O/c12-10-6(5-17)1-2-9(15-10)16-3-7-8(4-16)11(7,13)14/h1-2,7-8,17H,3-5H2. The van der Waals surface area contributed by atoms with E-state index < -0.39 is 17.8 Å². The second-order valence-corrected chi connectivity index (χ2v) is 5.32. The topological polar surface area (TPSA) is 36.4 Å². The largest absolute Gasteiger partial charge is 0.392 e. The fraction of sp³-hybridized carbons (Fsp3) is 0.545. The minimum absolute atomic E-state index is 0.0861. The molecule has 1 saturated carbocycles. The highest BCUT2D eigenvalue weighted by molar-refractivity contribution is 9.10. The Kier molecular flexibility index (Phi) is 2.42. The predicted octanol–water partition coefficient (Wildman–Crippen LogP) is 2.04. The van der Waals surface area contributed by atoms with Crippen LogP contribution in [0.3, 0.4) is 0 Å². The Balaban J connectivity index is 1.77. The molecule has 92 valence electrons. The van der Waals surface area contributed by atoms with Crippen LogP contribution in [0.15, 0.2) is 16.7 Å². The zero-order chi connectivity index (χ0) is 12.2. The summed E-state index contributed by atoms with van der Waals surface area (Å²) in [6.45, 7) is 0.655. The van der Waals surface area contributed by atoms with E-state index in [4.69, 9.17) is 5.11 Å². The van der Waals surface area contributed by atoms with Crippen molar-refractivity contribution < 1.29 is 13.9 Å². The molecule has 1 saturated heterocycles. The van der Waals surface area contributed by atoms with Crippen molar-refractivity contribution in [2.45, 2.75) is 12.5 Å². The molecule has 17 heavy (non-hydrogen) atoms. The number of rotatable bonds is 2. The van der Waals surface area contributed by atoms with Crippen LogP contribution in [0.4, 0.5) is 14.6 Å². The minimum Gasteiger partial charge on any atom is -0.392 e. The van der Waals surface area contributed by atoms with Gasteiger partial charge in [-0.25, -0.2) is 13.8 Å². The van der Waals surface area contributed by atoms with Crippen molar-refractivity contribution in [3.8, 4) is 0 Å². The van der Waals surface area contributed by atoms with Crippen molar-refractivity contribution in [3.63, 3.8) is 0 Å². The van der Waals surface area contributed by atoms with Gasteiger partial charge < -0.3 is 10.0 Å². The molecule has 0 amide bonds. The van der Waals surface area contributed by atoms with Crippen LogP contribution < -0.4 is 4.90 Å². The lowest BCUT2D eigenvalue weighted by Gasteiger charge is -2.21. The van der Waals surface area contributed by atoms with Gasteiger partial charge in [-0.15, -0.1) is 0 Å². The molecule has 1 aromatic rings. The molecule has 3 nitrogen and oxygen atoms in total. The minimum atomic E-state index is -2.46. The zero-order valence-electron chi connectivity index (χ0n) is 8.91. The van der Waals surface area contributed by atoms with Gasteiger partial charge in [-0.05, 0) is 22.0 Å². The van der Waals surface area contributed by atoms with Gasteiger partial charge in [0.25, 0.3) is 5.92 Å². The molecule has 2 fully saturated rings. The summed E-state index contributed by atoms with van der Waals surface area (Å²) in [7, 11) is 0. The Morgan fingerprint density at radius 2 is 2.06 bits per heavy atom. The van der Waals surface area contributed by atoms with Gasteiger partial charge >= 0.3 is 0 Å². The first-order valence-electron chi connectivity index (χ1n) is 5.43.